The quantitative estimate of drug-likeness (QED) is 0.805. The number of pyridine rings is 1. The highest BCUT2D eigenvalue weighted by Gasteiger charge is 2.37. The molecule has 1 aromatic heterocycles. The number of nitrogens with zero attached hydrogens (tertiary/aromatic N) is 1. The first-order valence-electron chi connectivity index (χ1n) is 5.70. The fourth-order valence-corrected chi connectivity index (χ4v) is 2.24. The van der Waals surface area contributed by atoms with E-state index in [9.17, 15) is 5.11 Å². The van der Waals surface area contributed by atoms with Gasteiger partial charge in [0.15, 0.2) is 0 Å². The van der Waals surface area contributed by atoms with Crippen LogP contribution in [-0.2, 0) is 5.60 Å². The number of aliphatic hydroxyl groups is 1. The summed E-state index contributed by atoms with van der Waals surface area (Å²) in [7, 11) is 0. The number of aromatic nitrogens is 1. The molecule has 0 aromatic carbocycles. The Hall–Kier alpha value is -1.13. The molecule has 2 unspecified atom stereocenters. The predicted octanol–water partition coefficient (Wildman–Crippen LogP) is 1.18. The smallest absolute Gasteiger partial charge is 0.137 e. The monoisotopic (exact) mass is 222 g/mol. The van der Waals surface area contributed by atoms with Crippen molar-refractivity contribution in [2.24, 2.45) is 5.73 Å². The molecule has 3 N–H and O–H groups in total. The molecule has 0 saturated heterocycles. The van der Waals surface area contributed by atoms with Gasteiger partial charge < -0.3 is 15.6 Å². The number of hydrogen-bond donors (Lipinski definition) is 2. The van der Waals surface area contributed by atoms with Crippen LogP contribution in [0.15, 0.2) is 18.5 Å². The van der Waals surface area contributed by atoms with E-state index < -0.39 is 5.60 Å². The molecule has 1 saturated carbocycles. The van der Waals surface area contributed by atoms with E-state index in [2.05, 4.69) is 4.98 Å². The Kier molecular flexibility index (Phi) is 3.12. The molecule has 88 valence electrons. The molecule has 1 aliphatic rings. The Morgan fingerprint density at radius 1 is 1.62 bits per heavy atom. The second-order valence-electron chi connectivity index (χ2n) is 4.38. The van der Waals surface area contributed by atoms with Crippen molar-refractivity contribution in [1.82, 2.24) is 4.98 Å². The van der Waals surface area contributed by atoms with Crippen LogP contribution in [0.25, 0.3) is 0 Å². The molecule has 0 spiro atoms. The lowest BCUT2D eigenvalue weighted by molar-refractivity contribution is 0.0424. The first-order valence-corrected chi connectivity index (χ1v) is 5.70. The fraction of sp³-hybridized carbons (Fsp3) is 0.583. The molecular weight excluding hydrogens is 204 g/mol. The molecule has 4 heteroatoms. The summed E-state index contributed by atoms with van der Waals surface area (Å²) in [6.07, 6.45) is 5.51. The molecule has 1 heterocycles. The third-order valence-corrected chi connectivity index (χ3v) is 3.09. The Balaban J connectivity index is 2.22. The molecule has 2 atom stereocenters. The van der Waals surface area contributed by atoms with Crippen molar-refractivity contribution in [2.45, 2.75) is 37.8 Å². The lowest BCUT2D eigenvalue weighted by Gasteiger charge is -2.23. The van der Waals surface area contributed by atoms with Gasteiger partial charge in [-0.05, 0) is 32.3 Å². The zero-order valence-corrected chi connectivity index (χ0v) is 9.52. The van der Waals surface area contributed by atoms with Crippen LogP contribution in [0.1, 0.15) is 31.7 Å². The number of nitrogens with two attached hydrogens (primary N) is 1. The van der Waals surface area contributed by atoms with Gasteiger partial charge >= 0.3 is 0 Å². The van der Waals surface area contributed by atoms with Crippen LogP contribution in [0.5, 0.6) is 5.75 Å². The molecule has 2 rings (SSSR count). The van der Waals surface area contributed by atoms with E-state index >= 15 is 0 Å². The standard InChI is InChI=1S/C12H18N2O2/c1-2-16-11-5-9(7-14-8-11)12(15)4-3-10(13)6-12/h5,7-8,10,15H,2-4,6,13H2,1H3. The summed E-state index contributed by atoms with van der Waals surface area (Å²) in [6, 6.07) is 1.94. The lowest BCUT2D eigenvalue weighted by Crippen LogP contribution is -2.25. The second kappa shape index (κ2) is 4.39. The maximum atomic E-state index is 10.5. The SMILES string of the molecule is CCOc1cncc(C2(O)CCC(N)C2)c1. The third-order valence-electron chi connectivity index (χ3n) is 3.09. The van der Waals surface area contributed by atoms with E-state index in [1.54, 1.807) is 12.4 Å². The van der Waals surface area contributed by atoms with E-state index in [-0.39, 0.29) is 6.04 Å². The van der Waals surface area contributed by atoms with Gasteiger partial charge in [0, 0.05) is 17.8 Å². The maximum absolute atomic E-state index is 10.5. The van der Waals surface area contributed by atoms with Crippen LogP contribution in [0.3, 0.4) is 0 Å². The van der Waals surface area contributed by atoms with E-state index in [4.69, 9.17) is 10.5 Å². The van der Waals surface area contributed by atoms with Gasteiger partial charge in [0.1, 0.15) is 5.75 Å². The van der Waals surface area contributed by atoms with Gasteiger partial charge in [-0.25, -0.2) is 0 Å². The minimum Gasteiger partial charge on any atom is -0.492 e. The van der Waals surface area contributed by atoms with Gasteiger partial charge in [-0.15, -0.1) is 0 Å². The molecule has 4 nitrogen and oxygen atoms in total. The number of ether oxygens (including phenoxy) is 1. The molecular formula is C12H18N2O2. The summed E-state index contributed by atoms with van der Waals surface area (Å²) in [4.78, 5) is 4.09. The van der Waals surface area contributed by atoms with Gasteiger partial charge in [0.25, 0.3) is 0 Å². The molecule has 1 aliphatic carbocycles. The van der Waals surface area contributed by atoms with E-state index in [1.165, 1.54) is 0 Å². The summed E-state index contributed by atoms with van der Waals surface area (Å²) >= 11 is 0. The molecule has 0 bridgehead atoms. The van der Waals surface area contributed by atoms with E-state index in [1.807, 2.05) is 13.0 Å². The third kappa shape index (κ3) is 2.18. The van der Waals surface area contributed by atoms with Crippen molar-refractivity contribution >= 4 is 0 Å². The molecule has 1 fully saturated rings. The van der Waals surface area contributed by atoms with Crippen molar-refractivity contribution in [3.05, 3.63) is 24.0 Å². The fourth-order valence-electron chi connectivity index (χ4n) is 2.24. The van der Waals surface area contributed by atoms with Gasteiger partial charge in [0.2, 0.25) is 0 Å². The topological polar surface area (TPSA) is 68.4 Å². The van der Waals surface area contributed by atoms with Gasteiger partial charge in [-0.2, -0.15) is 0 Å². The van der Waals surface area contributed by atoms with Crippen LogP contribution in [-0.4, -0.2) is 22.7 Å². The zero-order chi connectivity index (χ0) is 11.6. The molecule has 0 radical (unpaired) electrons. The Morgan fingerprint density at radius 2 is 2.44 bits per heavy atom. The molecule has 16 heavy (non-hydrogen) atoms. The summed E-state index contributed by atoms with van der Waals surface area (Å²) in [5.41, 5.74) is 5.82. The van der Waals surface area contributed by atoms with Crippen molar-refractivity contribution in [1.29, 1.82) is 0 Å². The highest BCUT2D eigenvalue weighted by molar-refractivity contribution is 5.29. The average Bonchev–Trinajstić information content (AvgIpc) is 2.61. The van der Waals surface area contributed by atoms with Crippen LogP contribution < -0.4 is 10.5 Å². The maximum Gasteiger partial charge on any atom is 0.137 e. The van der Waals surface area contributed by atoms with Crippen LogP contribution >= 0.6 is 0 Å². The van der Waals surface area contributed by atoms with Crippen LogP contribution in [0, 0.1) is 0 Å². The van der Waals surface area contributed by atoms with Gasteiger partial charge in [-0.3, -0.25) is 4.98 Å². The number of hydrogen-bond acceptors (Lipinski definition) is 4. The Bertz CT molecular complexity index is 370. The van der Waals surface area contributed by atoms with Crippen molar-refractivity contribution in [3.63, 3.8) is 0 Å². The first kappa shape index (κ1) is 11.4. The van der Waals surface area contributed by atoms with E-state index in [0.717, 1.165) is 12.0 Å². The number of rotatable bonds is 3. The minimum absolute atomic E-state index is 0.0840. The molecule has 0 amide bonds. The zero-order valence-electron chi connectivity index (χ0n) is 9.52. The summed E-state index contributed by atoms with van der Waals surface area (Å²) in [5, 5.41) is 10.5. The van der Waals surface area contributed by atoms with Crippen molar-refractivity contribution < 1.29 is 9.84 Å². The largest absolute Gasteiger partial charge is 0.492 e. The summed E-state index contributed by atoms with van der Waals surface area (Å²) in [6.45, 7) is 2.52. The predicted molar refractivity (Wildman–Crippen MR) is 61.1 cm³/mol. The lowest BCUT2D eigenvalue weighted by atomic mass is 9.93. The highest BCUT2D eigenvalue weighted by atomic mass is 16.5. The minimum atomic E-state index is -0.820. The summed E-state index contributed by atoms with van der Waals surface area (Å²) < 4.78 is 5.37. The second-order valence-corrected chi connectivity index (χ2v) is 4.38. The summed E-state index contributed by atoms with van der Waals surface area (Å²) in [5.74, 6) is 0.703. The molecule has 0 aliphatic heterocycles. The first-order chi connectivity index (χ1) is 7.64. The average molecular weight is 222 g/mol. The molecule has 1 aromatic rings. The highest BCUT2D eigenvalue weighted by Crippen LogP contribution is 2.38. The van der Waals surface area contributed by atoms with Crippen molar-refractivity contribution in [3.8, 4) is 5.75 Å². The van der Waals surface area contributed by atoms with Gasteiger partial charge in [0.05, 0.1) is 18.4 Å². The normalized spacial score (nSPS) is 29.3. The van der Waals surface area contributed by atoms with Crippen molar-refractivity contribution in [2.75, 3.05) is 6.61 Å². The van der Waals surface area contributed by atoms with Crippen LogP contribution in [0.2, 0.25) is 0 Å². The van der Waals surface area contributed by atoms with Crippen LogP contribution in [0.4, 0.5) is 0 Å². The Morgan fingerprint density at radius 3 is 3.06 bits per heavy atom. The van der Waals surface area contributed by atoms with Gasteiger partial charge in [-0.1, -0.05) is 0 Å². The van der Waals surface area contributed by atoms with E-state index in [0.29, 0.717) is 25.2 Å². The Labute approximate surface area is 95.4 Å².